The molecule has 0 aromatic rings. The smallest absolute Gasteiger partial charge is 0.0224 e. The first-order valence-corrected chi connectivity index (χ1v) is 7.43. The van der Waals surface area contributed by atoms with Crippen molar-refractivity contribution in [3.63, 3.8) is 0 Å². The molecule has 2 fully saturated rings. The van der Waals surface area contributed by atoms with Crippen molar-refractivity contribution in [2.45, 2.75) is 72.0 Å². The van der Waals surface area contributed by atoms with E-state index in [0.29, 0.717) is 11.5 Å². The Hall–Kier alpha value is -0.0800. The van der Waals surface area contributed by atoms with Crippen molar-refractivity contribution in [1.29, 1.82) is 0 Å². The zero-order chi connectivity index (χ0) is 12.6. The summed E-state index contributed by atoms with van der Waals surface area (Å²) in [4.78, 5) is 5.53. The highest BCUT2D eigenvalue weighted by molar-refractivity contribution is 4.95. The molecule has 0 amide bonds. The second kappa shape index (κ2) is 4.89. The summed E-state index contributed by atoms with van der Waals surface area (Å²) in [5.74, 6) is 0. The maximum atomic E-state index is 2.80. The van der Waals surface area contributed by atoms with Crippen LogP contribution >= 0.6 is 0 Å². The van der Waals surface area contributed by atoms with Crippen LogP contribution in [0, 0.1) is 5.41 Å². The van der Waals surface area contributed by atoms with Gasteiger partial charge in [0.05, 0.1) is 0 Å². The molecular formula is C15H30N2. The molecule has 2 aliphatic heterocycles. The van der Waals surface area contributed by atoms with Crippen LogP contribution in [-0.4, -0.2) is 47.6 Å². The molecule has 0 aliphatic carbocycles. The fourth-order valence-electron chi connectivity index (χ4n) is 3.45. The van der Waals surface area contributed by atoms with Gasteiger partial charge >= 0.3 is 0 Å². The van der Waals surface area contributed by atoms with Gasteiger partial charge in [-0.2, -0.15) is 0 Å². The Morgan fingerprint density at radius 3 is 2.53 bits per heavy atom. The molecule has 17 heavy (non-hydrogen) atoms. The van der Waals surface area contributed by atoms with Crippen molar-refractivity contribution < 1.29 is 0 Å². The van der Waals surface area contributed by atoms with Gasteiger partial charge < -0.3 is 0 Å². The molecular weight excluding hydrogens is 208 g/mol. The molecule has 0 N–H and O–H groups in total. The van der Waals surface area contributed by atoms with Crippen LogP contribution in [0.25, 0.3) is 0 Å². The fourth-order valence-corrected chi connectivity index (χ4v) is 3.45. The normalized spacial score (nSPS) is 33.7. The quantitative estimate of drug-likeness (QED) is 0.730. The number of nitrogens with zero attached hydrogens (tertiary/aromatic N) is 2. The van der Waals surface area contributed by atoms with E-state index >= 15 is 0 Å². The number of rotatable bonds is 2. The molecule has 0 aromatic carbocycles. The van der Waals surface area contributed by atoms with Crippen LogP contribution in [0.1, 0.15) is 53.9 Å². The summed E-state index contributed by atoms with van der Waals surface area (Å²) in [5.41, 5.74) is 0.397. The van der Waals surface area contributed by atoms with Crippen molar-refractivity contribution in [2.24, 2.45) is 5.41 Å². The standard InChI is InChI=1S/C15H30N2/c1-6-13-10-16-9-7-8-14(16)11-17(13)12(2)15(3,4)5/h12-14H,6-11H2,1-5H3. The summed E-state index contributed by atoms with van der Waals surface area (Å²) in [5, 5.41) is 0. The highest BCUT2D eigenvalue weighted by Gasteiger charge is 2.39. The molecule has 0 spiro atoms. The Bertz CT molecular complexity index is 256. The summed E-state index contributed by atoms with van der Waals surface area (Å²) in [6, 6.07) is 2.32. The average molecular weight is 238 g/mol. The van der Waals surface area contributed by atoms with Gasteiger partial charge in [-0.05, 0) is 38.1 Å². The maximum absolute atomic E-state index is 2.80. The van der Waals surface area contributed by atoms with E-state index in [-0.39, 0.29) is 0 Å². The Kier molecular flexibility index (Phi) is 3.84. The largest absolute Gasteiger partial charge is 0.298 e. The van der Waals surface area contributed by atoms with E-state index in [2.05, 4.69) is 44.4 Å². The monoisotopic (exact) mass is 238 g/mol. The predicted molar refractivity (Wildman–Crippen MR) is 74.3 cm³/mol. The first kappa shape index (κ1) is 13.4. The van der Waals surface area contributed by atoms with Crippen molar-refractivity contribution in [3.8, 4) is 0 Å². The van der Waals surface area contributed by atoms with E-state index in [1.54, 1.807) is 0 Å². The second-order valence-electron chi connectivity index (χ2n) is 7.09. The van der Waals surface area contributed by atoms with E-state index in [1.165, 1.54) is 38.9 Å². The first-order valence-electron chi connectivity index (χ1n) is 7.43. The van der Waals surface area contributed by atoms with Crippen molar-refractivity contribution >= 4 is 0 Å². The van der Waals surface area contributed by atoms with Crippen LogP contribution in [0.2, 0.25) is 0 Å². The lowest BCUT2D eigenvalue weighted by Crippen LogP contribution is -2.60. The third-order valence-electron chi connectivity index (χ3n) is 5.06. The van der Waals surface area contributed by atoms with Gasteiger partial charge in [-0.15, -0.1) is 0 Å². The van der Waals surface area contributed by atoms with Gasteiger partial charge in [0.15, 0.2) is 0 Å². The highest BCUT2D eigenvalue weighted by Crippen LogP contribution is 2.32. The summed E-state index contributed by atoms with van der Waals surface area (Å²) < 4.78 is 0. The molecule has 0 aromatic heterocycles. The Morgan fingerprint density at radius 1 is 1.24 bits per heavy atom. The Morgan fingerprint density at radius 2 is 1.94 bits per heavy atom. The van der Waals surface area contributed by atoms with E-state index in [0.717, 1.165) is 12.1 Å². The lowest BCUT2D eigenvalue weighted by atomic mass is 9.85. The molecule has 0 radical (unpaired) electrons. The molecule has 2 rings (SSSR count). The van der Waals surface area contributed by atoms with Crippen LogP contribution in [0.5, 0.6) is 0 Å². The van der Waals surface area contributed by atoms with Crippen molar-refractivity contribution in [1.82, 2.24) is 9.80 Å². The number of hydrogen-bond acceptors (Lipinski definition) is 2. The van der Waals surface area contributed by atoms with Gasteiger partial charge in [0.2, 0.25) is 0 Å². The Labute approximate surface area is 107 Å². The van der Waals surface area contributed by atoms with Crippen LogP contribution in [0.15, 0.2) is 0 Å². The summed E-state index contributed by atoms with van der Waals surface area (Å²) in [6.07, 6.45) is 4.13. The summed E-state index contributed by atoms with van der Waals surface area (Å²) in [7, 11) is 0. The van der Waals surface area contributed by atoms with Crippen LogP contribution < -0.4 is 0 Å². The van der Waals surface area contributed by atoms with Crippen LogP contribution in [0.4, 0.5) is 0 Å². The summed E-state index contributed by atoms with van der Waals surface area (Å²) >= 11 is 0. The van der Waals surface area contributed by atoms with E-state index in [9.17, 15) is 0 Å². The average Bonchev–Trinajstić information content (AvgIpc) is 2.71. The van der Waals surface area contributed by atoms with E-state index < -0.39 is 0 Å². The van der Waals surface area contributed by atoms with Gasteiger partial charge in [0.1, 0.15) is 0 Å². The van der Waals surface area contributed by atoms with Gasteiger partial charge in [-0.25, -0.2) is 0 Å². The maximum Gasteiger partial charge on any atom is 0.0224 e. The van der Waals surface area contributed by atoms with Gasteiger partial charge in [0.25, 0.3) is 0 Å². The molecule has 0 saturated carbocycles. The summed E-state index contributed by atoms with van der Waals surface area (Å²) in [6.45, 7) is 15.9. The van der Waals surface area contributed by atoms with E-state index in [1.807, 2.05) is 0 Å². The third-order valence-corrected chi connectivity index (χ3v) is 5.06. The van der Waals surface area contributed by atoms with Crippen molar-refractivity contribution in [2.75, 3.05) is 19.6 Å². The highest BCUT2D eigenvalue weighted by atomic mass is 15.3. The molecule has 0 bridgehead atoms. The number of piperazine rings is 1. The second-order valence-corrected chi connectivity index (χ2v) is 7.09. The topological polar surface area (TPSA) is 6.48 Å². The lowest BCUT2D eigenvalue weighted by molar-refractivity contribution is -0.00976. The zero-order valence-electron chi connectivity index (χ0n) is 12.4. The predicted octanol–water partition coefficient (Wildman–Crippen LogP) is 2.98. The minimum atomic E-state index is 0.397. The third kappa shape index (κ3) is 2.68. The van der Waals surface area contributed by atoms with Crippen molar-refractivity contribution in [3.05, 3.63) is 0 Å². The SMILES string of the molecule is CCC1CN2CCCC2CN1C(C)C(C)(C)C. The van der Waals surface area contributed by atoms with Crippen LogP contribution in [-0.2, 0) is 0 Å². The Balaban J connectivity index is 2.09. The molecule has 2 heterocycles. The van der Waals surface area contributed by atoms with Gasteiger partial charge in [-0.1, -0.05) is 27.7 Å². The van der Waals surface area contributed by atoms with Gasteiger partial charge in [0, 0.05) is 31.2 Å². The minimum Gasteiger partial charge on any atom is -0.298 e. The molecule has 3 atom stereocenters. The van der Waals surface area contributed by atoms with E-state index in [4.69, 9.17) is 0 Å². The zero-order valence-corrected chi connectivity index (χ0v) is 12.4. The molecule has 2 heteroatoms. The van der Waals surface area contributed by atoms with Crippen LogP contribution in [0.3, 0.4) is 0 Å². The minimum absolute atomic E-state index is 0.397. The molecule has 100 valence electrons. The lowest BCUT2D eigenvalue weighted by Gasteiger charge is -2.49. The molecule has 2 nitrogen and oxygen atoms in total. The number of fused-ring (bicyclic) bond motifs is 1. The van der Waals surface area contributed by atoms with Gasteiger partial charge in [-0.3, -0.25) is 9.80 Å². The molecule has 2 aliphatic rings. The molecule has 3 unspecified atom stereocenters. The fraction of sp³-hybridized carbons (Fsp3) is 1.00. The first-order chi connectivity index (χ1) is 7.93. The molecule has 2 saturated heterocycles. The number of hydrogen-bond donors (Lipinski definition) is 0.